The molecule has 9 heteroatoms. The minimum Gasteiger partial charge on any atom is -0.491 e. The Balaban J connectivity index is 1.56. The van der Waals surface area contributed by atoms with Crippen molar-refractivity contribution in [3.63, 3.8) is 0 Å². The average Bonchev–Trinajstić information content (AvgIpc) is 3.03. The molecule has 0 aliphatic carbocycles. The van der Waals surface area contributed by atoms with E-state index in [2.05, 4.69) is 38.8 Å². The van der Waals surface area contributed by atoms with Crippen LogP contribution in [-0.2, 0) is 20.0 Å². The molecule has 0 bridgehead atoms. The van der Waals surface area contributed by atoms with Crippen LogP contribution in [0.25, 0.3) is 0 Å². The van der Waals surface area contributed by atoms with E-state index in [1.165, 1.54) is 57.8 Å². The third-order valence-electron chi connectivity index (χ3n) is 7.21. The van der Waals surface area contributed by atoms with Gasteiger partial charge in [0.05, 0.1) is 6.10 Å². The number of phosphoric ester groups is 1. The van der Waals surface area contributed by atoms with Gasteiger partial charge < -0.3 is 23.0 Å². The van der Waals surface area contributed by atoms with Crippen LogP contribution in [0.1, 0.15) is 88.7 Å². The summed E-state index contributed by atoms with van der Waals surface area (Å²) in [5.41, 5.74) is 1.94. The standard InChI is InChI=1S/C35H47Br2O6P/c1-3-4-5-6-7-8-9-10-11-12-18-35(39-2)28-40-31-19-15-22-34(25-31)43-44(38,41-32-20-13-16-29(23-32)26-36)42-33-21-14-17-30(24-33)27-37/h13-17,19-25,35H,3-12,18,26-28H2,1-2H3. The summed E-state index contributed by atoms with van der Waals surface area (Å²) >= 11 is 6.91. The topological polar surface area (TPSA) is 63.2 Å². The van der Waals surface area contributed by atoms with Crippen LogP contribution in [0.4, 0.5) is 0 Å². The van der Waals surface area contributed by atoms with E-state index >= 15 is 0 Å². The number of phosphoric acid groups is 1. The lowest BCUT2D eigenvalue weighted by Gasteiger charge is -2.20. The number of benzene rings is 3. The van der Waals surface area contributed by atoms with Crippen LogP contribution in [-0.4, -0.2) is 19.8 Å². The summed E-state index contributed by atoms with van der Waals surface area (Å²) in [7, 11) is -2.43. The molecule has 1 atom stereocenters. The van der Waals surface area contributed by atoms with Crippen molar-refractivity contribution in [2.24, 2.45) is 0 Å². The maximum absolute atomic E-state index is 14.1. The first kappa shape index (κ1) is 36.5. The van der Waals surface area contributed by atoms with Crippen molar-refractivity contribution in [1.82, 2.24) is 0 Å². The van der Waals surface area contributed by atoms with Gasteiger partial charge in [0.15, 0.2) is 0 Å². The molecule has 44 heavy (non-hydrogen) atoms. The van der Waals surface area contributed by atoms with Crippen molar-refractivity contribution in [2.75, 3.05) is 13.7 Å². The Morgan fingerprint density at radius 1 is 0.636 bits per heavy atom. The van der Waals surface area contributed by atoms with Crippen LogP contribution in [0.5, 0.6) is 23.0 Å². The number of halogens is 2. The van der Waals surface area contributed by atoms with E-state index in [4.69, 9.17) is 23.0 Å². The molecule has 0 aliphatic heterocycles. The number of rotatable bonds is 23. The normalized spacial score (nSPS) is 12.1. The van der Waals surface area contributed by atoms with Crippen molar-refractivity contribution in [1.29, 1.82) is 0 Å². The minimum atomic E-state index is -4.15. The number of hydrogen-bond donors (Lipinski definition) is 0. The first-order valence-electron chi connectivity index (χ1n) is 15.7. The molecule has 0 N–H and O–H groups in total. The number of unbranched alkanes of at least 4 members (excludes halogenated alkanes) is 9. The Bertz CT molecular complexity index is 1220. The van der Waals surface area contributed by atoms with E-state index in [9.17, 15) is 4.57 Å². The van der Waals surface area contributed by atoms with Gasteiger partial charge in [0.1, 0.15) is 29.6 Å². The fourth-order valence-electron chi connectivity index (χ4n) is 4.75. The smallest absolute Gasteiger partial charge is 0.491 e. The number of methoxy groups -OCH3 is 1. The van der Waals surface area contributed by atoms with E-state index in [0.29, 0.717) is 40.3 Å². The quantitative estimate of drug-likeness (QED) is 0.0546. The number of hydrogen-bond acceptors (Lipinski definition) is 6. The van der Waals surface area contributed by atoms with Gasteiger partial charge in [-0.1, -0.05) is 133 Å². The molecule has 3 aromatic carbocycles. The first-order valence-corrected chi connectivity index (χ1v) is 19.4. The van der Waals surface area contributed by atoms with Crippen LogP contribution in [0.15, 0.2) is 72.8 Å². The fourth-order valence-corrected chi connectivity index (χ4v) is 6.68. The molecule has 0 saturated carbocycles. The van der Waals surface area contributed by atoms with Gasteiger partial charge in [-0.25, -0.2) is 0 Å². The summed E-state index contributed by atoms with van der Waals surface area (Å²) in [6.07, 6.45) is 14.0. The van der Waals surface area contributed by atoms with Gasteiger partial charge in [0.2, 0.25) is 0 Å². The zero-order valence-electron chi connectivity index (χ0n) is 26.1. The molecule has 0 amide bonds. The van der Waals surface area contributed by atoms with Gasteiger partial charge in [-0.15, -0.1) is 0 Å². The van der Waals surface area contributed by atoms with Crippen molar-refractivity contribution in [3.05, 3.63) is 83.9 Å². The average molecular weight is 755 g/mol. The summed E-state index contributed by atoms with van der Waals surface area (Å²) in [5.74, 6) is 1.65. The fraction of sp³-hybridized carbons (Fsp3) is 0.486. The van der Waals surface area contributed by atoms with E-state index in [-0.39, 0.29) is 6.10 Å². The monoisotopic (exact) mass is 752 g/mol. The highest BCUT2D eigenvalue weighted by molar-refractivity contribution is 9.08. The van der Waals surface area contributed by atoms with Gasteiger partial charge in [0.25, 0.3) is 0 Å². The third kappa shape index (κ3) is 14.0. The highest BCUT2D eigenvalue weighted by Gasteiger charge is 2.33. The number of alkyl halides is 2. The van der Waals surface area contributed by atoms with Gasteiger partial charge in [-0.3, -0.25) is 0 Å². The lowest BCUT2D eigenvalue weighted by atomic mass is 10.0. The molecule has 1 unspecified atom stereocenters. The predicted octanol–water partition coefficient (Wildman–Crippen LogP) is 11.8. The first-order chi connectivity index (χ1) is 21.5. The zero-order chi connectivity index (χ0) is 31.5. The van der Waals surface area contributed by atoms with Crippen LogP contribution in [0, 0.1) is 0 Å². The molecule has 0 saturated heterocycles. The molecule has 0 aliphatic rings. The van der Waals surface area contributed by atoms with Gasteiger partial charge in [0, 0.05) is 23.8 Å². The Morgan fingerprint density at radius 3 is 1.59 bits per heavy atom. The molecule has 3 rings (SSSR count). The molecule has 0 spiro atoms. The summed E-state index contributed by atoms with van der Waals surface area (Å²) in [6, 6.07) is 21.6. The van der Waals surface area contributed by atoms with Gasteiger partial charge in [-0.2, -0.15) is 4.57 Å². The summed E-state index contributed by atoms with van der Waals surface area (Å²) < 4.78 is 43.6. The molecule has 242 valence electrons. The van der Waals surface area contributed by atoms with E-state index in [1.807, 2.05) is 30.3 Å². The molecule has 0 fully saturated rings. The summed E-state index contributed by atoms with van der Waals surface area (Å²) in [6.45, 7) is 2.68. The maximum atomic E-state index is 14.1. The molecular weight excluding hydrogens is 707 g/mol. The highest BCUT2D eigenvalue weighted by Crippen LogP contribution is 2.50. The SMILES string of the molecule is CCCCCCCCCCCCC(COc1cccc(OP(=O)(Oc2cccc(CBr)c2)Oc2cccc(CBr)c2)c1)OC. The maximum Gasteiger partial charge on any atom is 0.647 e. The lowest BCUT2D eigenvalue weighted by molar-refractivity contribution is 0.0501. The van der Waals surface area contributed by atoms with Crippen LogP contribution < -0.4 is 18.3 Å². The summed E-state index contributed by atoms with van der Waals surface area (Å²) in [5, 5.41) is 1.26. The molecule has 0 radical (unpaired) electrons. The van der Waals surface area contributed by atoms with Crippen LogP contribution in [0.2, 0.25) is 0 Å². The molecule has 0 heterocycles. The lowest BCUT2D eigenvalue weighted by Crippen LogP contribution is -2.20. The molecule has 3 aromatic rings. The van der Waals surface area contributed by atoms with E-state index < -0.39 is 7.82 Å². The van der Waals surface area contributed by atoms with Crippen LogP contribution in [0.3, 0.4) is 0 Å². The molecular formula is C35H47Br2O6P. The Hall–Kier alpha value is -1.99. The number of ether oxygens (including phenoxy) is 2. The van der Waals surface area contributed by atoms with Crippen LogP contribution >= 0.6 is 39.7 Å². The zero-order valence-corrected chi connectivity index (χ0v) is 30.1. The van der Waals surface area contributed by atoms with E-state index in [1.54, 1.807) is 49.6 Å². The minimum absolute atomic E-state index is 0.00481. The van der Waals surface area contributed by atoms with Crippen molar-refractivity contribution < 1.29 is 27.6 Å². The Morgan fingerprint density at radius 2 is 1.09 bits per heavy atom. The summed E-state index contributed by atoms with van der Waals surface area (Å²) in [4.78, 5) is 0. The van der Waals surface area contributed by atoms with Gasteiger partial charge >= 0.3 is 7.82 Å². The van der Waals surface area contributed by atoms with Crippen molar-refractivity contribution in [2.45, 2.75) is 94.3 Å². The second kappa shape index (κ2) is 20.9. The Kier molecular flexibility index (Phi) is 17.3. The van der Waals surface area contributed by atoms with Crippen molar-refractivity contribution in [3.8, 4) is 23.0 Å². The van der Waals surface area contributed by atoms with Gasteiger partial charge in [-0.05, 0) is 53.9 Å². The predicted molar refractivity (Wildman–Crippen MR) is 187 cm³/mol. The molecule has 0 aromatic heterocycles. The van der Waals surface area contributed by atoms with E-state index in [0.717, 1.165) is 24.0 Å². The third-order valence-corrected chi connectivity index (χ3v) is 9.81. The Labute approximate surface area is 281 Å². The van der Waals surface area contributed by atoms with Crippen molar-refractivity contribution >= 4 is 39.7 Å². The second-order valence-electron chi connectivity index (χ2n) is 10.9. The second-order valence-corrected chi connectivity index (χ2v) is 13.5. The highest BCUT2D eigenvalue weighted by atomic mass is 79.9. The molecule has 6 nitrogen and oxygen atoms in total. The largest absolute Gasteiger partial charge is 0.647 e.